The monoisotopic (exact) mass is 346 g/mol. The zero-order valence-electron chi connectivity index (χ0n) is 14.9. The van der Waals surface area contributed by atoms with Crippen molar-refractivity contribution in [2.75, 3.05) is 13.1 Å². The maximum Gasteiger partial charge on any atom is 0.233 e. The normalized spacial score (nSPS) is 21.3. The number of aryl methyl sites for hydroxylation is 1. The maximum atomic E-state index is 13.3. The molecular weight excluding hydrogens is 324 g/mol. The average Bonchev–Trinajstić information content (AvgIpc) is 3.24. The molecule has 5 heteroatoms. The number of aromatic nitrogens is 3. The van der Waals surface area contributed by atoms with Gasteiger partial charge in [-0.1, -0.05) is 30.3 Å². The van der Waals surface area contributed by atoms with Crippen molar-refractivity contribution in [1.29, 1.82) is 0 Å². The third-order valence-corrected chi connectivity index (χ3v) is 6.04. The Bertz CT molecular complexity index is 974. The summed E-state index contributed by atoms with van der Waals surface area (Å²) in [5, 5.41) is 0. The number of imidazole rings is 1. The van der Waals surface area contributed by atoms with Crippen molar-refractivity contribution in [3.05, 3.63) is 60.2 Å². The maximum absolute atomic E-state index is 13.3. The van der Waals surface area contributed by atoms with Crippen molar-refractivity contribution in [2.24, 2.45) is 7.05 Å². The van der Waals surface area contributed by atoms with Crippen LogP contribution in [0.25, 0.3) is 11.0 Å². The number of benzene rings is 1. The van der Waals surface area contributed by atoms with Gasteiger partial charge in [0.05, 0.1) is 22.6 Å². The molecule has 132 valence electrons. The fourth-order valence-corrected chi connectivity index (χ4v) is 4.39. The van der Waals surface area contributed by atoms with Gasteiger partial charge in [0.25, 0.3) is 0 Å². The predicted molar refractivity (Wildman–Crippen MR) is 99.8 cm³/mol. The molecule has 2 aliphatic rings. The second kappa shape index (κ2) is 5.66. The van der Waals surface area contributed by atoms with E-state index in [0.29, 0.717) is 11.8 Å². The minimum Gasteiger partial charge on any atom is -0.341 e. The van der Waals surface area contributed by atoms with Crippen LogP contribution >= 0.6 is 0 Å². The smallest absolute Gasteiger partial charge is 0.233 e. The standard InChI is InChI=1S/C21H22N4O/c1-24-18-13-22-11-7-17(18)23-19(24)15-8-12-25(14-15)20(26)21(9-10-21)16-5-3-2-4-6-16/h2-7,11,13,15H,8-10,12,14H2,1H3/t15-/m0/s1. The molecule has 2 fully saturated rings. The summed E-state index contributed by atoms with van der Waals surface area (Å²) in [7, 11) is 2.04. The van der Waals surface area contributed by atoms with Gasteiger partial charge in [-0.05, 0) is 30.9 Å². The molecule has 1 aliphatic heterocycles. The van der Waals surface area contributed by atoms with E-state index in [1.54, 1.807) is 6.20 Å². The van der Waals surface area contributed by atoms with E-state index in [1.807, 2.05) is 37.5 Å². The Balaban J connectivity index is 1.39. The van der Waals surface area contributed by atoms with Gasteiger partial charge in [0.2, 0.25) is 5.91 Å². The molecule has 5 rings (SSSR count). The molecule has 26 heavy (non-hydrogen) atoms. The first-order valence-corrected chi connectivity index (χ1v) is 9.30. The summed E-state index contributed by atoms with van der Waals surface area (Å²) in [6.45, 7) is 1.58. The third-order valence-electron chi connectivity index (χ3n) is 6.04. The van der Waals surface area contributed by atoms with Crippen LogP contribution in [0.3, 0.4) is 0 Å². The lowest BCUT2D eigenvalue weighted by atomic mass is 9.94. The first-order valence-electron chi connectivity index (χ1n) is 9.30. The SMILES string of the molecule is Cn1c([C@H]2CCN(C(=O)C3(c4ccccc4)CC3)C2)nc2ccncc21. The number of carbonyl (C=O) groups excluding carboxylic acids is 1. The first-order chi connectivity index (χ1) is 12.7. The van der Waals surface area contributed by atoms with Gasteiger partial charge in [-0.25, -0.2) is 4.98 Å². The zero-order valence-corrected chi connectivity index (χ0v) is 14.9. The second-order valence-corrected chi connectivity index (χ2v) is 7.58. The topological polar surface area (TPSA) is 51.0 Å². The molecule has 0 bridgehead atoms. The van der Waals surface area contributed by atoms with Crippen LogP contribution in [0.15, 0.2) is 48.8 Å². The Morgan fingerprint density at radius 2 is 2.00 bits per heavy atom. The van der Waals surface area contributed by atoms with E-state index in [2.05, 4.69) is 26.6 Å². The van der Waals surface area contributed by atoms with Gasteiger partial charge in [-0.2, -0.15) is 0 Å². The highest BCUT2D eigenvalue weighted by Gasteiger charge is 2.53. The molecule has 1 saturated heterocycles. The van der Waals surface area contributed by atoms with Crippen molar-refractivity contribution < 1.29 is 4.79 Å². The summed E-state index contributed by atoms with van der Waals surface area (Å²) >= 11 is 0. The van der Waals surface area contributed by atoms with Crippen molar-refractivity contribution in [2.45, 2.75) is 30.6 Å². The lowest BCUT2D eigenvalue weighted by molar-refractivity contribution is -0.132. The summed E-state index contributed by atoms with van der Waals surface area (Å²) < 4.78 is 2.13. The van der Waals surface area contributed by atoms with Gasteiger partial charge in [-0.3, -0.25) is 9.78 Å². The molecule has 0 N–H and O–H groups in total. The van der Waals surface area contributed by atoms with Crippen LogP contribution in [0.5, 0.6) is 0 Å². The lowest BCUT2D eigenvalue weighted by Gasteiger charge is -2.23. The number of nitrogens with zero attached hydrogens (tertiary/aromatic N) is 4. The molecule has 0 spiro atoms. The van der Waals surface area contributed by atoms with Crippen LogP contribution in [0, 0.1) is 0 Å². The number of hydrogen-bond donors (Lipinski definition) is 0. The second-order valence-electron chi connectivity index (χ2n) is 7.58. The molecule has 1 amide bonds. The van der Waals surface area contributed by atoms with E-state index in [4.69, 9.17) is 4.98 Å². The summed E-state index contributed by atoms with van der Waals surface area (Å²) in [4.78, 5) is 24.3. The Hall–Kier alpha value is -2.69. The summed E-state index contributed by atoms with van der Waals surface area (Å²) in [5.74, 6) is 1.66. The summed E-state index contributed by atoms with van der Waals surface area (Å²) in [5.41, 5.74) is 2.93. The average molecular weight is 346 g/mol. The Kier molecular flexibility index (Phi) is 3.39. The number of amides is 1. The Morgan fingerprint density at radius 3 is 2.73 bits per heavy atom. The van der Waals surface area contributed by atoms with Crippen molar-refractivity contribution in [1.82, 2.24) is 19.4 Å². The third kappa shape index (κ3) is 2.26. The molecule has 5 nitrogen and oxygen atoms in total. The van der Waals surface area contributed by atoms with E-state index >= 15 is 0 Å². The number of likely N-dealkylation sites (tertiary alicyclic amines) is 1. The molecule has 3 aromatic rings. The molecule has 1 aromatic carbocycles. The van der Waals surface area contributed by atoms with E-state index in [1.165, 1.54) is 5.56 Å². The minimum atomic E-state index is -0.271. The minimum absolute atomic E-state index is 0.271. The summed E-state index contributed by atoms with van der Waals surface area (Å²) in [6.07, 6.45) is 6.55. The fraction of sp³-hybridized carbons (Fsp3) is 0.381. The van der Waals surface area contributed by atoms with Gasteiger partial charge in [0.15, 0.2) is 0 Å². The molecule has 1 atom stereocenters. The van der Waals surface area contributed by atoms with E-state index in [0.717, 1.165) is 49.2 Å². The molecule has 0 unspecified atom stereocenters. The molecule has 1 aliphatic carbocycles. The van der Waals surface area contributed by atoms with Crippen molar-refractivity contribution in [3.63, 3.8) is 0 Å². The highest BCUT2D eigenvalue weighted by atomic mass is 16.2. The highest BCUT2D eigenvalue weighted by molar-refractivity contribution is 5.91. The van der Waals surface area contributed by atoms with Crippen LogP contribution in [0.4, 0.5) is 0 Å². The van der Waals surface area contributed by atoms with Crippen molar-refractivity contribution in [3.8, 4) is 0 Å². The van der Waals surface area contributed by atoms with Crippen LogP contribution < -0.4 is 0 Å². The first kappa shape index (κ1) is 15.6. The van der Waals surface area contributed by atoms with Gasteiger partial charge >= 0.3 is 0 Å². The van der Waals surface area contributed by atoms with Gasteiger partial charge in [-0.15, -0.1) is 0 Å². The van der Waals surface area contributed by atoms with Gasteiger partial charge < -0.3 is 9.47 Å². The number of pyridine rings is 1. The number of carbonyl (C=O) groups is 1. The Morgan fingerprint density at radius 1 is 1.19 bits per heavy atom. The van der Waals surface area contributed by atoms with E-state index in [9.17, 15) is 4.79 Å². The molecular formula is C21H22N4O. The number of hydrogen-bond acceptors (Lipinski definition) is 3. The molecule has 3 heterocycles. The highest BCUT2D eigenvalue weighted by Crippen LogP contribution is 2.50. The predicted octanol–water partition coefficient (Wildman–Crippen LogP) is 3.02. The van der Waals surface area contributed by atoms with Gasteiger partial charge in [0, 0.05) is 32.3 Å². The van der Waals surface area contributed by atoms with Crippen LogP contribution in [0.1, 0.15) is 36.6 Å². The van der Waals surface area contributed by atoms with Crippen LogP contribution in [0.2, 0.25) is 0 Å². The van der Waals surface area contributed by atoms with E-state index in [-0.39, 0.29) is 5.41 Å². The van der Waals surface area contributed by atoms with Gasteiger partial charge in [0.1, 0.15) is 5.82 Å². The van der Waals surface area contributed by atoms with E-state index < -0.39 is 0 Å². The molecule has 0 radical (unpaired) electrons. The number of fused-ring (bicyclic) bond motifs is 1. The lowest BCUT2D eigenvalue weighted by Crippen LogP contribution is -2.37. The van der Waals surface area contributed by atoms with Crippen LogP contribution in [-0.4, -0.2) is 38.4 Å². The largest absolute Gasteiger partial charge is 0.341 e. The quantitative estimate of drug-likeness (QED) is 0.732. The molecule has 2 aromatic heterocycles. The zero-order chi connectivity index (χ0) is 17.7. The number of rotatable bonds is 3. The fourth-order valence-electron chi connectivity index (χ4n) is 4.39. The van der Waals surface area contributed by atoms with Crippen LogP contribution in [-0.2, 0) is 17.3 Å². The Labute approximate surface area is 152 Å². The van der Waals surface area contributed by atoms with Crippen molar-refractivity contribution >= 4 is 16.9 Å². The molecule has 1 saturated carbocycles. The summed E-state index contributed by atoms with van der Waals surface area (Å²) in [6, 6.07) is 12.2.